The molecule has 0 heterocycles. The standard InChI is InChI=1S/C82H160O17P2/c1-72(2)58-50-42-34-27-21-17-13-11-9-10-12-14-19-23-30-38-46-54-62-79(84)92-68-77(98-81(86)64-56-48-39-31-24-20-16-15-18-22-28-35-43-51-59-73(3)4)70-96-100(88,89)94-66-76(83)67-95-101(90,91)97-71-78(69-93-80(85)63-55-47-41-33-37-45-53-61-75(7)8)99-82(87)65-57-49-40-32-26-25-29-36-44-52-60-74(5)6/h72-78,83H,9-71H2,1-8H3,(H,88,89)(H,90,91)/t76?,77-,78-/m1/s1. The van der Waals surface area contributed by atoms with E-state index in [9.17, 15) is 43.2 Å². The van der Waals surface area contributed by atoms with Gasteiger partial charge >= 0.3 is 39.5 Å². The lowest BCUT2D eigenvalue weighted by atomic mass is 10.0. The Labute approximate surface area is 619 Å². The van der Waals surface area contributed by atoms with Crippen molar-refractivity contribution in [3.8, 4) is 0 Å². The summed E-state index contributed by atoms with van der Waals surface area (Å²) in [6.07, 6.45) is 58.5. The first-order valence-corrected chi connectivity index (χ1v) is 45.2. The van der Waals surface area contributed by atoms with Crippen LogP contribution in [-0.2, 0) is 65.4 Å². The van der Waals surface area contributed by atoms with Crippen molar-refractivity contribution >= 4 is 39.5 Å². The van der Waals surface area contributed by atoms with Crippen molar-refractivity contribution in [2.75, 3.05) is 39.6 Å². The van der Waals surface area contributed by atoms with Crippen LogP contribution in [0, 0.1) is 23.7 Å². The number of carbonyl (C=O) groups excluding carboxylic acids is 4. The number of carbonyl (C=O) groups is 4. The van der Waals surface area contributed by atoms with Gasteiger partial charge in [0.1, 0.15) is 19.3 Å². The van der Waals surface area contributed by atoms with Crippen LogP contribution in [0.15, 0.2) is 0 Å². The smallest absolute Gasteiger partial charge is 0.462 e. The van der Waals surface area contributed by atoms with E-state index < -0.39 is 97.5 Å². The lowest BCUT2D eigenvalue weighted by Gasteiger charge is -2.21. The molecule has 19 heteroatoms. The van der Waals surface area contributed by atoms with Gasteiger partial charge in [0.05, 0.1) is 26.4 Å². The number of phosphoric ester groups is 2. The van der Waals surface area contributed by atoms with E-state index in [4.69, 9.17) is 37.0 Å². The molecule has 5 atom stereocenters. The molecule has 101 heavy (non-hydrogen) atoms. The molecule has 3 N–H and O–H groups in total. The fraction of sp³-hybridized carbons (Fsp3) is 0.951. The molecule has 0 aromatic carbocycles. The van der Waals surface area contributed by atoms with Gasteiger partial charge in [0.15, 0.2) is 12.2 Å². The van der Waals surface area contributed by atoms with E-state index >= 15 is 0 Å². The third kappa shape index (κ3) is 76.1. The van der Waals surface area contributed by atoms with Crippen molar-refractivity contribution in [3.05, 3.63) is 0 Å². The first kappa shape index (κ1) is 99.1. The van der Waals surface area contributed by atoms with Gasteiger partial charge in [-0.1, -0.05) is 370 Å². The molecule has 0 aliphatic carbocycles. The summed E-state index contributed by atoms with van der Waals surface area (Å²) in [4.78, 5) is 73.0. The number of unbranched alkanes of at least 4 members (excludes halogenated alkanes) is 45. The van der Waals surface area contributed by atoms with E-state index in [1.165, 1.54) is 218 Å². The van der Waals surface area contributed by atoms with E-state index in [0.29, 0.717) is 31.6 Å². The van der Waals surface area contributed by atoms with E-state index in [0.717, 1.165) is 114 Å². The first-order valence-electron chi connectivity index (χ1n) is 42.2. The number of rotatable bonds is 79. The minimum atomic E-state index is -4.96. The molecular formula is C82H160O17P2. The average Bonchev–Trinajstić information content (AvgIpc) is 0.950. The van der Waals surface area contributed by atoms with Gasteiger partial charge in [0.25, 0.3) is 0 Å². The highest BCUT2D eigenvalue weighted by molar-refractivity contribution is 7.47. The summed E-state index contributed by atoms with van der Waals surface area (Å²) in [6.45, 7) is 14.2. The average molecular weight is 1480 g/mol. The minimum Gasteiger partial charge on any atom is -0.462 e. The third-order valence-corrected chi connectivity index (χ3v) is 21.0. The van der Waals surface area contributed by atoms with E-state index in [2.05, 4.69) is 55.4 Å². The number of esters is 4. The molecule has 0 fully saturated rings. The maximum Gasteiger partial charge on any atom is 0.472 e. The second-order valence-corrected chi connectivity index (χ2v) is 34.3. The van der Waals surface area contributed by atoms with Crippen molar-refractivity contribution in [2.24, 2.45) is 23.7 Å². The highest BCUT2D eigenvalue weighted by Gasteiger charge is 2.30. The second-order valence-electron chi connectivity index (χ2n) is 31.4. The van der Waals surface area contributed by atoms with Crippen molar-refractivity contribution in [1.82, 2.24) is 0 Å². The molecule has 0 aliphatic rings. The minimum absolute atomic E-state index is 0.105. The molecule has 0 spiro atoms. The second kappa shape index (κ2) is 71.0. The molecule has 3 unspecified atom stereocenters. The van der Waals surface area contributed by atoms with Crippen LogP contribution < -0.4 is 0 Å². The first-order chi connectivity index (χ1) is 48.6. The Morgan fingerprint density at radius 1 is 0.248 bits per heavy atom. The molecule has 0 radical (unpaired) electrons. The fourth-order valence-electron chi connectivity index (χ4n) is 12.6. The van der Waals surface area contributed by atoms with Crippen LogP contribution >= 0.6 is 15.6 Å². The molecule has 0 aromatic rings. The van der Waals surface area contributed by atoms with Gasteiger partial charge in [0, 0.05) is 25.7 Å². The largest absolute Gasteiger partial charge is 0.472 e. The lowest BCUT2D eigenvalue weighted by Crippen LogP contribution is -2.30. The molecule has 17 nitrogen and oxygen atoms in total. The van der Waals surface area contributed by atoms with Crippen molar-refractivity contribution in [3.63, 3.8) is 0 Å². The van der Waals surface area contributed by atoms with Crippen LogP contribution in [0.25, 0.3) is 0 Å². The van der Waals surface area contributed by atoms with Gasteiger partial charge in [-0.3, -0.25) is 37.3 Å². The van der Waals surface area contributed by atoms with Gasteiger partial charge in [-0.25, -0.2) is 9.13 Å². The monoisotopic (exact) mass is 1480 g/mol. The van der Waals surface area contributed by atoms with Gasteiger partial charge in [-0.2, -0.15) is 0 Å². The molecule has 0 aromatic heterocycles. The summed E-state index contributed by atoms with van der Waals surface area (Å²) in [7, 11) is -9.92. The number of ether oxygens (including phenoxy) is 4. The summed E-state index contributed by atoms with van der Waals surface area (Å²) in [5.41, 5.74) is 0. The van der Waals surface area contributed by atoms with Crippen LogP contribution in [0.2, 0.25) is 0 Å². The molecule has 600 valence electrons. The maximum absolute atomic E-state index is 13.1. The molecule has 0 saturated heterocycles. The SMILES string of the molecule is CC(C)CCCCCCCCCCCCCCCCCCCCC(=O)OC[C@H](COP(=O)(O)OCC(O)COP(=O)(O)OC[C@@H](COC(=O)CCCCCCCCCC(C)C)OC(=O)CCCCCCCCCCCCC(C)C)OC(=O)CCCCCCCCCCCCCCCCC(C)C. The van der Waals surface area contributed by atoms with Crippen LogP contribution in [-0.4, -0.2) is 96.7 Å². The molecule has 0 rings (SSSR count). The zero-order chi connectivity index (χ0) is 74.6. The highest BCUT2D eigenvalue weighted by Crippen LogP contribution is 2.45. The van der Waals surface area contributed by atoms with Gasteiger partial charge in [-0.15, -0.1) is 0 Å². The Morgan fingerprint density at radius 2 is 0.416 bits per heavy atom. The van der Waals surface area contributed by atoms with Crippen LogP contribution in [0.1, 0.15) is 421 Å². The topological polar surface area (TPSA) is 237 Å². The number of hydrogen-bond donors (Lipinski definition) is 3. The quantitative estimate of drug-likeness (QED) is 0.0222. The number of phosphoric acid groups is 2. The van der Waals surface area contributed by atoms with Crippen molar-refractivity contribution in [2.45, 2.75) is 440 Å². The fourth-order valence-corrected chi connectivity index (χ4v) is 14.2. The van der Waals surface area contributed by atoms with E-state index in [1.807, 2.05) is 0 Å². The van der Waals surface area contributed by atoms with Crippen LogP contribution in [0.4, 0.5) is 0 Å². The molecule has 0 amide bonds. The molecule has 0 bridgehead atoms. The van der Waals surface area contributed by atoms with Crippen molar-refractivity contribution < 1.29 is 80.2 Å². The van der Waals surface area contributed by atoms with Crippen molar-refractivity contribution in [1.29, 1.82) is 0 Å². The number of aliphatic hydroxyl groups excluding tert-OH is 1. The highest BCUT2D eigenvalue weighted by atomic mass is 31.2. The predicted molar refractivity (Wildman–Crippen MR) is 414 cm³/mol. The Morgan fingerprint density at radius 3 is 0.614 bits per heavy atom. The van der Waals surface area contributed by atoms with Gasteiger partial charge in [0.2, 0.25) is 0 Å². The Bertz CT molecular complexity index is 1970. The summed E-state index contributed by atoms with van der Waals surface area (Å²) in [5.74, 6) is 0.961. The van der Waals surface area contributed by atoms with Crippen LogP contribution in [0.3, 0.4) is 0 Å². The zero-order valence-corrected chi connectivity index (χ0v) is 68.3. The summed E-state index contributed by atoms with van der Waals surface area (Å²) >= 11 is 0. The number of hydrogen-bond acceptors (Lipinski definition) is 15. The molecule has 0 saturated carbocycles. The predicted octanol–water partition coefficient (Wildman–Crippen LogP) is 24.4. The van der Waals surface area contributed by atoms with E-state index in [-0.39, 0.29) is 25.7 Å². The Kier molecular flexibility index (Phi) is 69.6. The lowest BCUT2D eigenvalue weighted by molar-refractivity contribution is -0.161. The zero-order valence-electron chi connectivity index (χ0n) is 66.5. The Hall–Kier alpha value is -1.94. The normalized spacial score (nSPS) is 14.0. The Balaban J connectivity index is 5.22. The molecule has 0 aliphatic heterocycles. The third-order valence-electron chi connectivity index (χ3n) is 19.1. The maximum atomic E-state index is 13.1. The summed E-state index contributed by atoms with van der Waals surface area (Å²) < 4.78 is 68.7. The van der Waals surface area contributed by atoms with E-state index in [1.54, 1.807) is 0 Å². The van der Waals surface area contributed by atoms with Crippen LogP contribution in [0.5, 0.6) is 0 Å². The van der Waals surface area contributed by atoms with Gasteiger partial charge < -0.3 is 33.8 Å². The number of aliphatic hydroxyl groups is 1. The summed E-state index contributed by atoms with van der Waals surface area (Å²) in [5, 5.41) is 10.6. The molecular weight excluding hydrogens is 1320 g/mol. The summed E-state index contributed by atoms with van der Waals surface area (Å²) in [6, 6.07) is 0. The van der Waals surface area contributed by atoms with Gasteiger partial charge in [-0.05, 0) is 49.4 Å².